The maximum Gasteiger partial charge on any atom is 0.264 e. The summed E-state index contributed by atoms with van der Waals surface area (Å²) in [6, 6.07) is 17.0. The van der Waals surface area contributed by atoms with Gasteiger partial charge in [0, 0.05) is 12.6 Å². The molecule has 2 amide bonds. The Bertz CT molecular complexity index is 1420. The molecule has 0 aliphatic heterocycles. The molecule has 8 nitrogen and oxygen atoms in total. The number of nitrogens with one attached hydrogen (secondary N) is 1. The molecule has 1 unspecified atom stereocenters. The molecule has 0 saturated carbocycles. The van der Waals surface area contributed by atoms with Crippen molar-refractivity contribution >= 4 is 39.1 Å². The third-order valence-corrected chi connectivity index (χ3v) is 8.21. The summed E-state index contributed by atoms with van der Waals surface area (Å²) >= 11 is 5.99. The van der Waals surface area contributed by atoms with Crippen LogP contribution < -0.4 is 14.4 Å². The molecule has 40 heavy (non-hydrogen) atoms. The molecular weight excluding hydrogens is 557 g/mol. The second kappa shape index (κ2) is 13.6. The Morgan fingerprint density at radius 2 is 1.68 bits per heavy atom. The van der Waals surface area contributed by atoms with Gasteiger partial charge >= 0.3 is 0 Å². The first-order valence-electron chi connectivity index (χ1n) is 12.7. The summed E-state index contributed by atoms with van der Waals surface area (Å²) in [5.74, 6) is -1.09. The number of hydrogen-bond acceptors (Lipinski definition) is 5. The van der Waals surface area contributed by atoms with Crippen LogP contribution in [0.1, 0.15) is 32.8 Å². The highest BCUT2D eigenvalue weighted by Crippen LogP contribution is 2.28. The van der Waals surface area contributed by atoms with E-state index in [9.17, 15) is 22.4 Å². The third-order valence-electron chi connectivity index (χ3n) is 6.13. The number of anilines is 1. The molecule has 3 aromatic carbocycles. The van der Waals surface area contributed by atoms with Crippen molar-refractivity contribution in [1.82, 2.24) is 10.2 Å². The minimum Gasteiger partial charge on any atom is -0.497 e. The predicted molar refractivity (Wildman–Crippen MR) is 153 cm³/mol. The monoisotopic (exact) mass is 589 g/mol. The van der Waals surface area contributed by atoms with Crippen molar-refractivity contribution in [2.75, 3.05) is 18.0 Å². The Hall–Kier alpha value is -3.63. The number of carbonyl (C=O) groups is 2. The topological polar surface area (TPSA) is 96.0 Å². The van der Waals surface area contributed by atoms with Crippen molar-refractivity contribution in [3.63, 3.8) is 0 Å². The normalized spacial score (nSPS) is 12.1. The van der Waals surface area contributed by atoms with Gasteiger partial charge in [0.15, 0.2) is 0 Å². The van der Waals surface area contributed by atoms with Crippen LogP contribution in [0.5, 0.6) is 5.75 Å². The van der Waals surface area contributed by atoms with Crippen molar-refractivity contribution in [2.24, 2.45) is 0 Å². The molecule has 0 saturated heterocycles. The zero-order valence-corrected chi connectivity index (χ0v) is 24.4. The van der Waals surface area contributed by atoms with Crippen LogP contribution in [-0.2, 0) is 26.2 Å². The standard InChI is InChI=1S/C29H33ClFN3O5S/c1-5-27(29(36)32-20(2)3)33(18-21-11-14-23(39-4)15-12-21)28(35)19-34(22-13-16-26(31)25(30)17-22)40(37,38)24-9-7-6-8-10-24/h6-17,20,27H,5,18-19H2,1-4H3,(H,32,36). The smallest absolute Gasteiger partial charge is 0.264 e. The summed E-state index contributed by atoms with van der Waals surface area (Å²) in [6.45, 7) is 4.79. The van der Waals surface area contributed by atoms with Gasteiger partial charge in [0.1, 0.15) is 24.2 Å². The largest absolute Gasteiger partial charge is 0.497 e. The van der Waals surface area contributed by atoms with Crippen LogP contribution in [-0.4, -0.2) is 50.9 Å². The number of amides is 2. The average molecular weight is 590 g/mol. The van der Waals surface area contributed by atoms with Crippen LogP contribution in [0.15, 0.2) is 77.7 Å². The molecule has 0 aliphatic rings. The number of hydrogen-bond donors (Lipinski definition) is 1. The first-order chi connectivity index (χ1) is 19.0. The number of carbonyl (C=O) groups excluding carboxylic acids is 2. The Morgan fingerprint density at radius 3 is 2.23 bits per heavy atom. The minimum atomic E-state index is -4.28. The van der Waals surface area contributed by atoms with E-state index < -0.39 is 34.3 Å². The lowest BCUT2D eigenvalue weighted by Gasteiger charge is -2.33. The molecule has 0 bridgehead atoms. The molecular formula is C29H33ClFN3O5S. The lowest BCUT2D eigenvalue weighted by atomic mass is 10.1. The summed E-state index contributed by atoms with van der Waals surface area (Å²) in [4.78, 5) is 28.4. The molecule has 11 heteroatoms. The molecule has 3 rings (SSSR count). The lowest BCUT2D eigenvalue weighted by Crippen LogP contribution is -2.53. The molecule has 0 radical (unpaired) electrons. The van der Waals surface area contributed by atoms with E-state index in [1.807, 2.05) is 13.8 Å². The van der Waals surface area contributed by atoms with Gasteiger partial charge in [-0.05, 0) is 68.3 Å². The number of sulfonamides is 1. The molecule has 0 spiro atoms. The van der Waals surface area contributed by atoms with Gasteiger partial charge in [-0.15, -0.1) is 0 Å². The minimum absolute atomic E-state index is 0.00711. The molecule has 0 heterocycles. The average Bonchev–Trinajstić information content (AvgIpc) is 2.93. The molecule has 0 aliphatic carbocycles. The van der Waals surface area contributed by atoms with Gasteiger partial charge in [-0.2, -0.15) is 0 Å². The second-order valence-corrected chi connectivity index (χ2v) is 11.6. The summed E-state index contributed by atoms with van der Waals surface area (Å²) in [6.07, 6.45) is 0.286. The van der Waals surface area contributed by atoms with Gasteiger partial charge in [-0.25, -0.2) is 12.8 Å². The highest BCUT2D eigenvalue weighted by molar-refractivity contribution is 7.92. The van der Waals surface area contributed by atoms with Gasteiger partial charge in [0.25, 0.3) is 10.0 Å². The van der Waals surface area contributed by atoms with Crippen LogP contribution >= 0.6 is 11.6 Å². The molecule has 1 N–H and O–H groups in total. The Balaban J connectivity index is 2.07. The lowest BCUT2D eigenvalue weighted by molar-refractivity contribution is -0.140. The summed E-state index contributed by atoms with van der Waals surface area (Å²) in [7, 11) is -2.74. The fraction of sp³-hybridized carbons (Fsp3) is 0.310. The van der Waals surface area contributed by atoms with E-state index in [2.05, 4.69) is 5.32 Å². The molecule has 214 valence electrons. The van der Waals surface area contributed by atoms with Crippen LogP contribution in [0.4, 0.5) is 10.1 Å². The number of halogens is 2. The van der Waals surface area contributed by atoms with E-state index >= 15 is 0 Å². The summed E-state index contributed by atoms with van der Waals surface area (Å²) < 4.78 is 47.6. The van der Waals surface area contributed by atoms with Crippen LogP contribution in [0.3, 0.4) is 0 Å². The number of ether oxygens (including phenoxy) is 1. The van der Waals surface area contributed by atoms with E-state index in [1.54, 1.807) is 49.4 Å². The van der Waals surface area contributed by atoms with E-state index in [-0.39, 0.29) is 40.5 Å². The van der Waals surface area contributed by atoms with Crippen LogP contribution in [0.25, 0.3) is 0 Å². The number of nitrogens with zero attached hydrogens (tertiary/aromatic N) is 2. The van der Waals surface area contributed by atoms with Gasteiger partial charge in [0.2, 0.25) is 11.8 Å². The Morgan fingerprint density at radius 1 is 1.02 bits per heavy atom. The first kappa shape index (κ1) is 30.9. The number of rotatable bonds is 12. The van der Waals surface area contributed by atoms with Crippen LogP contribution in [0, 0.1) is 5.82 Å². The third kappa shape index (κ3) is 7.51. The van der Waals surface area contributed by atoms with E-state index in [0.717, 1.165) is 16.4 Å². The zero-order chi connectivity index (χ0) is 29.4. The fourth-order valence-electron chi connectivity index (χ4n) is 4.12. The Labute approximate surface area is 239 Å². The number of methoxy groups -OCH3 is 1. The van der Waals surface area contributed by atoms with E-state index in [0.29, 0.717) is 11.3 Å². The molecule has 0 aromatic heterocycles. The van der Waals surface area contributed by atoms with Crippen LogP contribution in [0.2, 0.25) is 5.02 Å². The van der Waals surface area contributed by atoms with Gasteiger partial charge in [-0.3, -0.25) is 13.9 Å². The van der Waals surface area contributed by atoms with Crippen molar-refractivity contribution in [2.45, 2.75) is 50.7 Å². The quantitative estimate of drug-likeness (QED) is 0.320. The van der Waals surface area contributed by atoms with Crippen molar-refractivity contribution in [3.8, 4) is 5.75 Å². The zero-order valence-electron chi connectivity index (χ0n) is 22.8. The maximum absolute atomic E-state index is 14.0. The molecule has 3 aromatic rings. The highest BCUT2D eigenvalue weighted by Gasteiger charge is 2.34. The Kier molecular flexibility index (Phi) is 10.5. The van der Waals surface area contributed by atoms with Crippen molar-refractivity contribution < 1.29 is 27.1 Å². The number of benzene rings is 3. The second-order valence-electron chi connectivity index (χ2n) is 9.38. The van der Waals surface area contributed by atoms with Crippen molar-refractivity contribution in [1.29, 1.82) is 0 Å². The maximum atomic E-state index is 14.0. The first-order valence-corrected chi connectivity index (χ1v) is 14.5. The summed E-state index contributed by atoms with van der Waals surface area (Å²) in [5.41, 5.74) is 0.722. The van der Waals surface area contributed by atoms with Gasteiger partial charge in [-0.1, -0.05) is 48.9 Å². The van der Waals surface area contributed by atoms with Gasteiger partial charge in [0.05, 0.1) is 22.7 Å². The molecule has 0 fully saturated rings. The SMILES string of the molecule is CCC(C(=O)NC(C)C)N(Cc1ccc(OC)cc1)C(=O)CN(c1ccc(F)c(Cl)c1)S(=O)(=O)c1ccccc1. The molecule has 1 atom stereocenters. The van der Waals surface area contributed by atoms with Crippen molar-refractivity contribution in [3.05, 3.63) is 89.2 Å². The van der Waals surface area contributed by atoms with Gasteiger partial charge < -0.3 is 15.0 Å². The van der Waals surface area contributed by atoms with E-state index in [1.165, 1.54) is 30.2 Å². The summed E-state index contributed by atoms with van der Waals surface area (Å²) in [5, 5.41) is 2.55. The fourth-order valence-corrected chi connectivity index (χ4v) is 5.72. The van der Waals surface area contributed by atoms with E-state index in [4.69, 9.17) is 16.3 Å². The predicted octanol–water partition coefficient (Wildman–Crippen LogP) is 5.02. The highest BCUT2D eigenvalue weighted by atomic mass is 35.5.